The number of benzene rings is 1. The number of Topliss-reactive ketones (excluding diaryl/α,β-unsaturated/α-hetero) is 1. The van der Waals surface area contributed by atoms with Crippen LogP contribution < -0.4 is 0 Å². The minimum atomic E-state index is -0.0231. The first-order chi connectivity index (χ1) is 15.1. The van der Waals surface area contributed by atoms with Gasteiger partial charge in [-0.15, -0.1) is 0 Å². The predicted molar refractivity (Wildman–Crippen MR) is 119 cm³/mol. The first-order valence-corrected chi connectivity index (χ1v) is 11.3. The van der Waals surface area contributed by atoms with Crippen LogP contribution in [0.25, 0.3) is 16.0 Å². The Morgan fingerprint density at radius 1 is 1.29 bits per heavy atom. The Morgan fingerprint density at radius 2 is 2.13 bits per heavy atom. The molecule has 0 bridgehead atoms. The Labute approximate surface area is 188 Å². The molecular formula is C22H20ClN5O2S. The maximum atomic E-state index is 13.0. The van der Waals surface area contributed by atoms with E-state index < -0.39 is 0 Å². The molecule has 1 aliphatic heterocycles. The normalized spacial score (nSPS) is 16.3. The second-order valence-electron chi connectivity index (χ2n) is 7.58. The number of nitrogens with zero attached hydrogens (tertiary/aromatic N) is 5. The number of hydrogen-bond donors (Lipinski definition) is 0. The number of carbonyl (C=O) groups is 1. The van der Waals surface area contributed by atoms with E-state index in [-0.39, 0.29) is 24.7 Å². The van der Waals surface area contributed by atoms with Crippen molar-refractivity contribution < 1.29 is 9.53 Å². The number of ketones is 1. The van der Waals surface area contributed by atoms with Gasteiger partial charge in [0.2, 0.25) is 0 Å². The van der Waals surface area contributed by atoms with Crippen LogP contribution in [0.5, 0.6) is 0 Å². The molecular weight excluding hydrogens is 434 g/mol. The summed E-state index contributed by atoms with van der Waals surface area (Å²) in [6, 6.07) is 5.51. The van der Waals surface area contributed by atoms with E-state index in [4.69, 9.17) is 16.3 Å². The molecule has 1 aromatic carbocycles. The van der Waals surface area contributed by atoms with E-state index in [2.05, 4.69) is 20.2 Å². The zero-order valence-electron chi connectivity index (χ0n) is 16.9. The molecule has 1 aliphatic rings. The van der Waals surface area contributed by atoms with Crippen molar-refractivity contribution in [2.75, 3.05) is 6.61 Å². The Bertz CT molecular complexity index is 1250. The number of pyridine rings is 1. The largest absolute Gasteiger partial charge is 0.373 e. The van der Waals surface area contributed by atoms with E-state index in [1.807, 2.05) is 25.3 Å². The van der Waals surface area contributed by atoms with Gasteiger partial charge < -0.3 is 4.74 Å². The molecule has 31 heavy (non-hydrogen) atoms. The third kappa shape index (κ3) is 4.11. The van der Waals surface area contributed by atoms with Gasteiger partial charge in [-0.25, -0.2) is 9.97 Å². The second kappa shape index (κ2) is 8.45. The summed E-state index contributed by atoms with van der Waals surface area (Å²) in [6.07, 6.45) is 7.50. The Kier molecular flexibility index (Phi) is 5.52. The smallest absolute Gasteiger partial charge is 0.143 e. The molecule has 9 heteroatoms. The van der Waals surface area contributed by atoms with E-state index in [9.17, 15) is 4.79 Å². The summed E-state index contributed by atoms with van der Waals surface area (Å²) in [5.41, 5.74) is 4.33. The van der Waals surface area contributed by atoms with Gasteiger partial charge >= 0.3 is 0 Å². The summed E-state index contributed by atoms with van der Waals surface area (Å²) in [4.78, 5) is 24.6. The van der Waals surface area contributed by atoms with E-state index in [0.29, 0.717) is 10.7 Å². The SMILES string of the molecule is Cc1nc2c(C3CCCO3)c(CC(=O)Cc3ccc(-n4nccn4)c(Cl)c3)cnc2s1. The van der Waals surface area contributed by atoms with Crippen LogP contribution in [0.1, 0.15) is 40.6 Å². The molecule has 0 amide bonds. The highest BCUT2D eigenvalue weighted by atomic mass is 35.5. The average Bonchev–Trinajstić information content (AvgIpc) is 3.49. The molecule has 3 aromatic heterocycles. The van der Waals surface area contributed by atoms with E-state index in [0.717, 1.165) is 51.5 Å². The summed E-state index contributed by atoms with van der Waals surface area (Å²) in [7, 11) is 0. The van der Waals surface area contributed by atoms with Gasteiger partial charge in [-0.1, -0.05) is 29.0 Å². The first kappa shape index (κ1) is 20.2. The summed E-state index contributed by atoms with van der Waals surface area (Å²) in [6.45, 7) is 2.71. The molecule has 1 saturated heterocycles. The Balaban J connectivity index is 1.39. The fourth-order valence-electron chi connectivity index (χ4n) is 4.01. The fourth-order valence-corrected chi connectivity index (χ4v) is 5.06. The molecule has 0 N–H and O–H groups in total. The molecule has 5 rings (SSSR count). The highest BCUT2D eigenvalue weighted by Crippen LogP contribution is 2.37. The highest BCUT2D eigenvalue weighted by Gasteiger charge is 2.26. The van der Waals surface area contributed by atoms with Crippen LogP contribution in [0.3, 0.4) is 0 Å². The van der Waals surface area contributed by atoms with E-state index in [1.54, 1.807) is 29.8 Å². The number of ether oxygens (including phenoxy) is 1. The number of hydrogen-bond acceptors (Lipinski definition) is 7. The van der Waals surface area contributed by atoms with Crippen LogP contribution in [0.4, 0.5) is 0 Å². The topological polar surface area (TPSA) is 82.8 Å². The minimum absolute atomic E-state index is 0.0231. The zero-order chi connectivity index (χ0) is 21.4. The lowest BCUT2D eigenvalue weighted by Gasteiger charge is -2.15. The van der Waals surface area contributed by atoms with Crippen LogP contribution in [0.2, 0.25) is 5.02 Å². The number of carbonyl (C=O) groups excluding carboxylic acids is 1. The van der Waals surface area contributed by atoms with Crippen LogP contribution in [-0.2, 0) is 22.4 Å². The first-order valence-electron chi connectivity index (χ1n) is 10.1. The van der Waals surface area contributed by atoms with Crippen LogP contribution in [0, 0.1) is 6.92 Å². The summed E-state index contributed by atoms with van der Waals surface area (Å²) in [5.74, 6) is 0.0911. The van der Waals surface area contributed by atoms with Crippen molar-refractivity contribution in [3.05, 3.63) is 63.5 Å². The van der Waals surface area contributed by atoms with Gasteiger partial charge in [0, 0.05) is 31.2 Å². The Hall–Kier alpha value is -2.68. The lowest BCUT2D eigenvalue weighted by atomic mass is 9.96. The van der Waals surface area contributed by atoms with Crippen molar-refractivity contribution in [3.63, 3.8) is 0 Å². The molecule has 1 unspecified atom stereocenters. The third-order valence-corrected chi connectivity index (χ3v) is 6.52. The molecule has 158 valence electrons. The molecule has 0 spiro atoms. The molecule has 1 fully saturated rings. The molecule has 4 heterocycles. The lowest BCUT2D eigenvalue weighted by molar-refractivity contribution is -0.117. The molecule has 0 aliphatic carbocycles. The molecule has 1 atom stereocenters. The quantitative estimate of drug-likeness (QED) is 0.429. The van der Waals surface area contributed by atoms with Crippen molar-refractivity contribution in [2.45, 2.75) is 38.7 Å². The van der Waals surface area contributed by atoms with Crippen molar-refractivity contribution in [3.8, 4) is 5.69 Å². The number of rotatable bonds is 6. The van der Waals surface area contributed by atoms with Crippen molar-refractivity contribution in [1.82, 2.24) is 25.0 Å². The van der Waals surface area contributed by atoms with Gasteiger partial charge in [0.15, 0.2) is 0 Å². The molecule has 0 radical (unpaired) electrons. The monoisotopic (exact) mass is 453 g/mol. The highest BCUT2D eigenvalue weighted by molar-refractivity contribution is 7.18. The van der Waals surface area contributed by atoms with Gasteiger partial charge in [0.25, 0.3) is 0 Å². The van der Waals surface area contributed by atoms with Gasteiger partial charge in [0.1, 0.15) is 21.8 Å². The molecule has 0 saturated carbocycles. The average molecular weight is 454 g/mol. The summed E-state index contributed by atoms with van der Waals surface area (Å²) < 4.78 is 5.96. The van der Waals surface area contributed by atoms with Crippen molar-refractivity contribution >= 4 is 39.1 Å². The van der Waals surface area contributed by atoms with Gasteiger partial charge in [-0.2, -0.15) is 15.0 Å². The third-order valence-electron chi connectivity index (χ3n) is 5.34. The van der Waals surface area contributed by atoms with Crippen LogP contribution in [0.15, 0.2) is 36.8 Å². The van der Waals surface area contributed by atoms with Crippen LogP contribution >= 0.6 is 22.9 Å². The van der Waals surface area contributed by atoms with E-state index >= 15 is 0 Å². The number of aromatic nitrogens is 5. The minimum Gasteiger partial charge on any atom is -0.373 e. The van der Waals surface area contributed by atoms with Gasteiger partial charge in [0.05, 0.1) is 28.5 Å². The van der Waals surface area contributed by atoms with E-state index in [1.165, 1.54) is 4.80 Å². The molecule has 7 nitrogen and oxygen atoms in total. The second-order valence-corrected chi connectivity index (χ2v) is 9.17. The summed E-state index contributed by atoms with van der Waals surface area (Å²) in [5, 5.41) is 9.66. The number of thiazole rings is 1. The number of aryl methyl sites for hydroxylation is 1. The number of halogens is 1. The van der Waals surface area contributed by atoms with Crippen molar-refractivity contribution in [1.29, 1.82) is 0 Å². The zero-order valence-corrected chi connectivity index (χ0v) is 18.5. The van der Waals surface area contributed by atoms with Gasteiger partial charge in [-0.05, 0) is 43.0 Å². The lowest BCUT2D eigenvalue weighted by Crippen LogP contribution is -2.11. The predicted octanol–water partition coefficient (Wildman–Crippen LogP) is 4.44. The number of fused-ring (bicyclic) bond motifs is 1. The standard InChI is InChI=1S/C22H20ClN5O2S/c1-13-27-21-20(19-3-2-8-30-19)15(12-24-22(21)31-13)11-16(29)9-14-4-5-18(17(23)10-14)28-25-6-7-26-28/h4-7,10,12,19H,2-3,8-9,11H2,1H3. The van der Waals surface area contributed by atoms with Crippen molar-refractivity contribution in [2.24, 2.45) is 0 Å². The maximum Gasteiger partial charge on any atom is 0.143 e. The Morgan fingerprint density at radius 3 is 2.87 bits per heavy atom. The van der Waals surface area contributed by atoms with Crippen LogP contribution in [-0.4, -0.2) is 37.4 Å². The maximum absolute atomic E-state index is 13.0. The summed E-state index contributed by atoms with van der Waals surface area (Å²) >= 11 is 7.97. The molecule has 4 aromatic rings. The fraction of sp³-hybridized carbons (Fsp3) is 0.318. The van der Waals surface area contributed by atoms with Gasteiger partial charge in [-0.3, -0.25) is 4.79 Å².